The number of nitrogens with zero attached hydrogens (tertiary/aromatic N) is 2. The van der Waals surface area contributed by atoms with Gasteiger partial charge < -0.3 is 20.8 Å². The highest BCUT2D eigenvalue weighted by Crippen LogP contribution is 2.36. The second-order valence-electron chi connectivity index (χ2n) is 8.02. The number of furan rings is 1. The quantitative estimate of drug-likeness (QED) is 0.445. The van der Waals surface area contributed by atoms with Gasteiger partial charge in [-0.3, -0.25) is 4.79 Å². The molecule has 0 saturated carbocycles. The summed E-state index contributed by atoms with van der Waals surface area (Å²) in [5.74, 6) is 1.57. The molecular formula is C25H25N5O2. The summed E-state index contributed by atoms with van der Waals surface area (Å²) in [7, 11) is 0. The van der Waals surface area contributed by atoms with E-state index in [-0.39, 0.29) is 0 Å². The molecule has 3 heterocycles. The van der Waals surface area contributed by atoms with Gasteiger partial charge in [0.25, 0.3) is 5.91 Å². The summed E-state index contributed by atoms with van der Waals surface area (Å²) in [5, 5.41) is 7.77. The van der Waals surface area contributed by atoms with Gasteiger partial charge in [-0.05, 0) is 37.9 Å². The van der Waals surface area contributed by atoms with Crippen LogP contribution in [0.3, 0.4) is 0 Å². The molecule has 4 aromatic rings. The molecule has 2 aromatic carbocycles. The van der Waals surface area contributed by atoms with E-state index < -0.39 is 5.91 Å². The molecule has 4 N–H and O–H groups in total. The summed E-state index contributed by atoms with van der Waals surface area (Å²) in [4.78, 5) is 21.8. The summed E-state index contributed by atoms with van der Waals surface area (Å²) < 4.78 is 5.97. The molecule has 0 radical (unpaired) electrons. The first-order valence-electron chi connectivity index (χ1n) is 10.8. The summed E-state index contributed by atoms with van der Waals surface area (Å²) in [6.07, 6.45) is 1.95. The van der Waals surface area contributed by atoms with Crippen LogP contribution in [0.2, 0.25) is 0 Å². The lowest BCUT2D eigenvalue weighted by Crippen LogP contribution is -2.14. The molecule has 0 fully saturated rings. The molecule has 5 rings (SSSR count). The molecule has 162 valence electrons. The smallest absolute Gasteiger partial charge is 0.252 e. The van der Waals surface area contributed by atoms with Gasteiger partial charge in [-0.1, -0.05) is 42.5 Å². The molecule has 0 atom stereocenters. The number of benzene rings is 2. The van der Waals surface area contributed by atoms with Gasteiger partial charge in [-0.15, -0.1) is 0 Å². The molecule has 0 aliphatic carbocycles. The SMILES string of the molecule is Cc1oc2c(C(N)=O)cccc2c1-c1nc2c(c(NCc3ccccc3)n1)CCCNC2. The van der Waals surface area contributed by atoms with Crippen LogP contribution in [-0.4, -0.2) is 22.4 Å². The Morgan fingerprint density at radius 3 is 2.81 bits per heavy atom. The molecule has 0 unspecified atom stereocenters. The second-order valence-corrected chi connectivity index (χ2v) is 8.02. The average molecular weight is 428 g/mol. The minimum Gasteiger partial charge on any atom is -0.460 e. The van der Waals surface area contributed by atoms with Crippen LogP contribution in [0.25, 0.3) is 22.4 Å². The molecule has 0 saturated heterocycles. The van der Waals surface area contributed by atoms with Crippen LogP contribution in [0.1, 0.15) is 39.4 Å². The lowest BCUT2D eigenvalue weighted by Gasteiger charge is -2.15. The van der Waals surface area contributed by atoms with E-state index in [1.165, 1.54) is 5.56 Å². The number of fused-ring (bicyclic) bond motifs is 2. The Bertz CT molecular complexity index is 1300. The van der Waals surface area contributed by atoms with Gasteiger partial charge in [0.1, 0.15) is 17.2 Å². The number of hydrogen-bond donors (Lipinski definition) is 3. The molecule has 2 aromatic heterocycles. The van der Waals surface area contributed by atoms with E-state index in [4.69, 9.17) is 20.1 Å². The zero-order chi connectivity index (χ0) is 22.1. The fraction of sp³-hybridized carbons (Fsp3) is 0.240. The lowest BCUT2D eigenvalue weighted by atomic mass is 10.1. The topological polar surface area (TPSA) is 106 Å². The first-order chi connectivity index (χ1) is 15.6. The van der Waals surface area contributed by atoms with Crippen molar-refractivity contribution in [2.75, 3.05) is 11.9 Å². The van der Waals surface area contributed by atoms with E-state index in [9.17, 15) is 4.79 Å². The zero-order valence-electron chi connectivity index (χ0n) is 17.9. The van der Waals surface area contributed by atoms with Crippen LogP contribution in [0.15, 0.2) is 52.9 Å². The summed E-state index contributed by atoms with van der Waals surface area (Å²) in [6.45, 7) is 4.17. The Hall–Kier alpha value is -3.71. The Balaban J connectivity index is 1.63. The maximum atomic E-state index is 11.9. The summed E-state index contributed by atoms with van der Waals surface area (Å²) >= 11 is 0. The lowest BCUT2D eigenvalue weighted by molar-refractivity contribution is 0.100. The fourth-order valence-corrected chi connectivity index (χ4v) is 4.29. The van der Waals surface area contributed by atoms with Crippen molar-refractivity contribution < 1.29 is 9.21 Å². The van der Waals surface area contributed by atoms with Gasteiger partial charge in [-0.25, -0.2) is 9.97 Å². The largest absolute Gasteiger partial charge is 0.460 e. The van der Waals surface area contributed by atoms with Crippen molar-refractivity contribution in [1.82, 2.24) is 15.3 Å². The molecule has 0 spiro atoms. The number of hydrogen-bond acceptors (Lipinski definition) is 6. The van der Waals surface area contributed by atoms with Crippen molar-refractivity contribution in [3.8, 4) is 11.4 Å². The third-order valence-electron chi connectivity index (χ3n) is 5.85. The van der Waals surface area contributed by atoms with E-state index in [0.717, 1.165) is 47.4 Å². The van der Waals surface area contributed by atoms with Gasteiger partial charge in [0, 0.05) is 24.0 Å². The van der Waals surface area contributed by atoms with Gasteiger partial charge in [0.05, 0.1) is 16.8 Å². The Labute approximate surface area is 186 Å². The minimum atomic E-state index is -0.520. The van der Waals surface area contributed by atoms with Crippen LogP contribution in [0.5, 0.6) is 0 Å². The molecule has 1 aliphatic rings. The predicted molar refractivity (Wildman–Crippen MR) is 124 cm³/mol. The number of carbonyl (C=O) groups excluding carboxylic acids is 1. The zero-order valence-corrected chi connectivity index (χ0v) is 17.9. The number of para-hydroxylation sites is 1. The molecule has 7 heteroatoms. The van der Waals surface area contributed by atoms with Crippen LogP contribution in [0.4, 0.5) is 5.82 Å². The Kier molecular flexibility index (Phi) is 5.33. The van der Waals surface area contributed by atoms with Crippen molar-refractivity contribution in [2.24, 2.45) is 5.73 Å². The molecule has 32 heavy (non-hydrogen) atoms. The Morgan fingerprint density at radius 1 is 1.16 bits per heavy atom. The van der Waals surface area contributed by atoms with Gasteiger partial charge in [-0.2, -0.15) is 0 Å². The van der Waals surface area contributed by atoms with Crippen LogP contribution >= 0.6 is 0 Å². The first kappa shape index (κ1) is 20.2. The second kappa shape index (κ2) is 8.43. The van der Waals surface area contributed by atoms with E-state index in [0.29, 0.717) is 35.8 Å². The number of anilines is 1. The third kappa shape index (κ3) is 3.71. The van der Waals surface area contributed by atoms with E-state index in [1.807, 2.05) is 31.2 Å². The molecule has 0 bridgehead atoms. The monoisotopic (exact) mass is 427 g/mol. The third-order valence-corrected chi connectivity index (χ3v) is 5.85. The summed E-state index contributed by atoms with van der Waals surface area (Å²) in [5.41, 5.74) is 10.5. The van der Waals surface area contributed by atoms with E-state index >= 15 is 0 Å². The van der Waals surface area contributed by atoms with Crippen LogP contribution in [-0.2, 0) is 19.5 Å². The molecular weight excluding hydrogens is 402 g/mol. The number of carbonyl (C=O) groups is 1. The van der Waals surface area contributed by atoms with Crippen LogP contribution < -0.4 is 16.4 Å². The van der Waals surface area contributed by atoms with Crippen molar-refractivity contribution >= 4 is 22.7 Å². The standard InChI is InChI=1S/C25H25N5O2/c1-15-21(18-9-5-10-19(23(26)31)22(18)32-15)25-29-20-14-27-12-6-11-17(20)24(30-25)28-13-16-7-3-2-4-8-16/h2-5,7-10,27H,6,11-14H2,1H3,(H2,26,31)(H,28,29,30). The van der Waals surface area contributed by atoms with E-state index in [1.54, 1.807) is 12.1 Å². The maximum Gasteiger partial charge on any atom is 0.252 e. The van der Waals surface area contributed by atoms with Gasteiger partial charge >= 0.3 is 0 Å². The molecule has 1 aliphatic heterocycles. The fourth-order valence-electron chi connectivity index (χ4n) is 4.29. The maximum absolute atomic E-state index is 11.9. The minimum absolute atomic E-state index is 0.357. The number of nitrogens with one attached hydrogen (secondary N) is 2. The molecule has 1 amide bonds. The van der Waals surface area contributed by atoms with Crippen molar-refractivity contribution in [2.45, 2.75) is 32.9 Å². The number of aromatic nitrogens is 2. The highest BCUT2D eigenvalue weighted by molar-refractivity contribution is 6.07. The number of aryl methyl sites for hydroxylation is 1. The number of amides is 1. The van der Waals surface area contributed by atoms with Crippen molar-refractivity contribution in [3.63, 3.8) is 0 Å². The normalized spacial score (nSPS) is 13.5. The van der Waals surface area contributed by atoms with Gasteiger partial charge in [0.15, 0.2) is 5.82 Å². The van der Waals surface area contributed by atoms with Crippen molar-refractivity contribution in [1.29, 1.82) is 0 Å². The Morgan fingerprint density at radius 2 is 2.00 bits per heavy atom. The number of nitrogens with two attached hydrogens (primary N) is 1. The van der Waals surface area contributed by atoms with Crippen molar-refractivity contribution in [3.05, 3.63) is 76.7 Å². The highest BCUT2D eigenvalue weighted by atomic mass is 16.3. The van der Waals surface area contributed by atoms with Gasteiger partial charge in [0.2, 0.25) is 0 Å². The number of primary amides is 1. The summed E-state index contributed by atoms with van der Waals surface area (Å²) in [6, 6.07) is 15.7. The first-order valence-corrected chi connectivity index (χ1v) is 10.8. The molecule has 7 nitrogen and oxygen atoms in total. The predicted octanol–water partition coefficient (Wildman–Crippen LogP) is 3.95. The highest BCUT2D eigenvalue weighted by Gasteiger charge is 2.23. The number of rotatable bonds is 5. The van der Waals surface area contributed by atoms with E-state index in [2.05, 4.69) is 22.8 Å². The average Bonchev–Trinajstić information content (AvgIpc) is 2.96. The van der Waals surface area contributed by atoms with Crippen LogP contribution in [0, 0.1) is 6.92 Å².